The van der Waals surface area contributed by atoms with Gasteiger partial charge in [0.15, 0.2) is 0 Å². The normalized spacial score (nSPS) is 18.0. The highest BCUT2D eigenvalue weighted by atomic mass is 16.5. The van der Waals surface area contributed by atoms with Crippen LogP contribution in [0.3, 0.4) is 0 Å². The van der Waals surface area contributed by atoms with E-state index < -0.39 is 0 Å². The molecule has 1 amide bonds. The van der Waals surface area contributed by atoms with Crippen LogP contribution in [-0.2, 0) is 9.53 Å². The number of nitrogens with two attached hydrogens (primary N) is 1. The Morgan fingerprint density at radius 2 is 1.77 bits per heavy atom. The Hall–Kier alpha value is -3.41. The molecule has 2 heterocycles. The molecule has 1 unspecified atom stereocenters. The molecule has 1 saturated heterocycles. The van der Waals surface area contributed by atoms with Crippen LogP contribution >= 0.6 is 0 Å². The number of aliphatic imine (C=N–C) groups is 1. The van der Waals surface area contributed by atoms with Gasteiger partial charge in [-0.15, -0.1) is 0 Å². The van der Waals surface area contributed by atoms with E-state index in [1.54, 1.807) is 6.92 Å². The van der Waals surface area contributed by atoms with Crippen LogP contribution in [0.2, 0.25) is 0 Å². The van der Waals surface area contributed by atoms with E-state index >= 15 is 0 Å². The molecule has 0 aliphatic carbocycles. The standard InChI is InChI=1S/C25H27N3O3/c1-3-31-25(30)21-15-20-14-19(10-11-22(20)27-23(26)16(21)2)17-6-8-18(9-7-17)24(29)28-12-4-5-13-28/h6-11,14-16H,3-5,12-13H2,1-2H3,(H2,26,27). The quantitative estimate of drug-likeness (QED) is 0.757. The predicted octanol–water partition coefficient (Wildman–Crippen LogP) is 4.17. The number of nitrogens with zero attached hydrogens (tertiary/aromatic N) is 2. The molecule has 6 nitrogen and oxygen atoms in total. The third kappa shape index (κ3) is 4.24. The fraction of sp³-hybridized carbons (Fsp3) is 0.320. The zero-order valence-corrected chi connectivity index (χ0v) is 17.9. The average molecular weight is 418 g/mol. The molecule has 1 atom stereocenters. The summed E-state index contributed by atoms with van der Waals surface area (Å²) in [6.07, 6.45) is 3.97. The molecule has 1 fully saturated rings. The third-order valence-corrected chi connectivity index (χ3v) is 5.87. The molecule has 2 aromatic carbocycles. The molecule has 0 spiro atoms. The lowest BCUT2D eigenvalue weighted by atomic mass is 9.96. The molecule has 0 aromatic heterocycles. The lowest BCUT2D eigenvalue weighted by Gasteiger charge is -2.15. The highest BCUT2D eigenvalue weighted by Crippen LogP contribution is 2.33. The van der Waals surface area contributed by atoms with Crippen molar-refractivity contribution in [2.45, 2.75) is 26.7 Å². The number of hydrogen-bond acceptors (Lipinski definition) is 5. The van der Waals surface area contributed by atoms with Gasteiger partial charge in [0.1, 0.15) is 5.84 Å². The molecule has 0 bridgehead atoms. The Balaban J connectivity index is 1.65. The lowest BCUT2D eigenvalue weighted by molar-refractivity contribution is -0.138. The smallest absolute Gasteiger partial charge is 0.334 e. The van der Waals surface area contributed by atoms with E-state index in [1.807, 2.05) is 60.4 Å². The van der Waals surface area contributed by atoms with Gasteiger partial charge in [-0.2, -0.15) is 0 Å². The van der Waals surface area contributed by atoms with Crippen LogP contribution in [0.4, 0.5) is 5.69 Å². The number of esters is 1. The zero-order valence-electron chi connectivity index (χ0n) is 17.9. The first-order chi connectivity index (χ1) is 15.0. The van der Waals surface area contributed by atoms with Crippen molar-refractivity contribution in [3.63, 3.8) is 0 Å². The number of hydrogen-bond donors (Lipinski definition) is 1. The minimum atomic E-state index is -0.379. The maximum atomic E-state index is 12.6. The molecular formula is C25H27N3O3. The van der Waals surface area contributed by atoms with Crippen LogP contribution in [0.5, 0.6) is 0 Å². The summed E-state index contributed by atoms with van der Waals surface area (Å²) in [6, 6.07) is 13.5. The van der Waals surface area contributed by atoms with Crippen molar-refractivity contribution in [2.24, 2.45) is 16.6 Å². The Bertz CT molecular complexity index is 1060. The Kier molecular flexibility index (Phi) is 5.89. The summed E-state index contributed by atoms with van der Waals surface area (Å²) in [5.74, 6) is -0.232. The molecule has 2 aromatic rings. The van der Waals surface area contributed by atoms with Gasteiger partial charge < -0.3 is 15.4 Å². The summed E-state index contributed by atoms with van der Waals surface area (Å²) in [4.78, 5) is 31.5. The monoisotopic (exact) mass is 417 g/mol. The van der Waals surface area contributed by atoms with Crippen LogP contribution in [0, 0.1) is 5.92 Å². The minimum Gasteiger partial charge on any atom is -0.463 e. The number of fused-ring (bicyclic) bond motifs is 1. The van der Waals surface area contributed by atoms with Gasteiger partial charge in [-0.05, 0) is 61.2 Å². The number of carbonyl (C=O) groups is 2. The first-order valence-electron chi connectivity index (χ1n) is 10.7. The topological polar surface area (TPSA) is 85.0 Å². The highest BCUT2D eigenvalue weighted by Gasteiger charge is 2.25. The molecule has 2 N–H and O–H groups in total. The first kappa shape index (κ1) is 20.8. The SMILES string of the molecule is CCOC(=O)C1=Cc2cc(-c3ccc(C(=O)N4CCCC4)cc3)ccc2N=C(N)C1C. The van der Waals surface area contributed by atoms with Crippen molar-refractivity contribution >= 4 is 29.5 Å². The summed E-state index contributed by atoms with van der Waals surface area (Å²) in [6.45, 7) is 5.60. The van der Waals surface area contributed by atoms with E-state index in [2.05, 4.69) is 4.99 Å². The predicted molar refractivity (Wildman–Crippen MR) is 122 cm³/mol. The van der Waals surface area contributed by atoms with Gasteiger partial charge in [0, 0.05) is 35.7 Å². The average Bonchev–Trinajstić information content (AvgIpc) is 3.28. The van der Waals surface area contributed by atoms with Gasteiger partial charge in [0.25, 0.3) is 5.91 Å². The van der Waals surface area contributed by atoms with Crippen LogP contribution in [0.1, 0.15) is 42.6 Å². The van der Waals surface area contributed by atoms with E-state index in [0.717, 1.165) is 42.6 Å². The minimum absolute atomic E-state index is 0.0896. The fourth-order valence-corrected chi connectivity index (χ4v) is 4.00. The van der Waals surface area contributed by atoms with Crippen LogP contribution in [-0.4, -0.2) is 42.3 Å². The molecule has 4 rings (SSSR count). The lowest BCUT2D eigenvalue weighted by Crippen LogP contribution is -2.27. The highest BCUT2D eigenvalue weighted by molar-refractivity contribution is 6.04. The van der Waals surface area contributed by atoms with Crippen molar-refractivity contribution in [3.8, 4) is 11.1 Å². The first-order valence-corrected chi connectivity index (χ1v) is 10.7. The molecule has 0 saturated carbocycles. The second kappa shape index (κ2) is 8.76. The zero-order chi connectivity index (χ0) is 22.0. The number of rotatable bonds is 4. The maximum absolute atomic E-state index is 12.6. The summed E-state index contributed by atoms with van der Waals surface area (Å²) in [5, 5.41) is 0. The van der Waals surface area contributed by atoms with E-state index in [-0.39, 0.29) is 17.8 Å². The van der Waals surface area contributed by atoms with Gasteiger partial charge in [0.2, 0.25) is 0 Å². The Morgan fingerprint density at radius 1 is 1.10 bits per heavy atom. The number of ether oxygens (including phenoxy) is 1. The van der Waals surface area contributed by atoms with Crippen LogP contribution < -0.4 is 5.73 Å². The van der Waals surface area contributed by atoms with E-state index in [0.29, 0.717) is 29.3 Å². The molecule has 160 valence electrons. The van der Waals surface area contributed by atoms with Gasteiger partial charge >= 0.3 is 5.97 Å². The summed E-state index contributed by atoms with van der Waals surface area (Å²) in [5.41, 5.74) is 10.8. The van der Waals surface area contributed by atoms with Crippen LogP contribution in [0.25, 0.3) is 17.2 Å². The van der Waals surface area contributed by atoms with E-state index in [4.69, 9.17) is 10.5 Å². The number of amides is 1. The summed E-state index contributed by atoms with van der Waals surface area (Å²) < 4.78 is 5.21. The van der Waals surface area contributed by atoms with Gasteiger partial charge in [-0.25, -0.2) is 9.79 Å². The third-order valence-electron chi connectivity index (χ3n) is 5.87. The largest absolute Gasteiger partial charge is 0.463 e. The number of carbonyl (C=O) groups excluding carboxylic acids is 2. The second-order valence-electron chi connectivity index (χ2n) is 7.93. The molecule has 2 aliphatic rings. The Morgan fingerprint density at radius 3 is 2.45 bits per heavy atom. The van der Waals surface area contributed by atoms with Crippen molar-refractivity contribution in [3.05, 3.63) is 59.2 Å². The van der Waals surface area contributed by atoms with Gasteiger partial charge in [-0.3, -0.25) is 4.79 Å². The number of amidine groups is 1. The molecular weight excluding hydrogens is 390 g/mol. The Labute approximate surface area is 182 Å². The molecule has 2 aliphatic heterocycles. The van der Waals surface area contributed by atoms with Gasteiger partial charge in [-0.1, -0.05) is 25.1 Å². The van der Waals surface area contributed by atoms with Crippen molar-refractivity contribution < 1.29 is 14.3 Å². The molecule has 0 radical (unpaired) electrons. The van der Waals surface area contributed by atoms with Crippen molar-refractivity contribution in [2.75, 3.05) is 19.7 Å². The van der Waals surface area contributed by atoms with Crippen molar-refractivity contribution in [1.29, 1.82) is 0 Å². The second-order valence-corrected chi connectivity index (χ2v) is 7.93. The molecule has 6 heteroatoms. The molecule has 31 heavy (non-hydrogen) atoms. The number of likely N-dealkylation sites (tertiary alicyclic amines) is 1. The summed E-state index contributed by atoms with van der Waals surface area (Å²) >= 11 is 0. The van der Waals surface area contributed by atoms with E-state index in [1.165, 1.54) is 0 Å². The fourth-order valence-electron chi connectivity index (χ4n) is 4.00. The maximum Gasteiger partial charge on any atom is 0.334 e. The van der Waals surface area contributed by atoms with Crippen LogP contribution in [0.15, 0.2) is 53.0 Å². The number of benzene rings is 2. The van der Waals surface area contributed by atoms with Gasteiger partial charge in [0.05, 0.1) is 12.3 Å². The summed E-state index contributed by atoms with van der Waals surface area (Å²) in [7, 11) is 0. The van der Waals surface area contributed by atoms with E-state index in [9.17, 15) is 9.59 Å². The van der Waals surface area contributed by atoms with Crippen molar-refractivity contribution in [1.82, 2.24) is 4.90 Å².